The summed E-state index contributed by atoms with van der Waals surface area (Å²) in [4.78, 5) is 75.7. The number of fused-ring (bicyclic) bond motifs is 14. The molecule has 27 nitrogen and oxygen atoms in total. The zero-order chi connectivity index (χ0) is 103. The fourth-order valence-electron chi connectivity index (χ4n) is 32.4. The van der Waals surface area contributed by atoms with Gasteiger partial charge in [0.1, 0.15) is 49.3 Å². The van der Waals surface area contributed by atoms with E-state index in [0.29, 0.717) is 149 Å². The maximum atomic E-state index is 12.5. The lowest BCUT2D eigenvalue weighted by Crippen LogP contribution is -2.59. The maximum absolute atomic E-state index is 12.5. The van der Waals surface area contributed by atoms with E-state index in [1.165, 1.54) is 39.2 Å². The van der Waals surface area contributed by atoms with Crippen LogP contribution in [-0.4, -0.2) is 191 Å². The molecule has 22 rings (SSSR count). The molecule has 0 bridgehead atoms. The van der Waals surface area contributed by atoms with Crippen molar-refractivity contribution in [3.8, 4) is 0 Å². The number of hydrogen-bond donors (Lipinski definition) is 2. The molecule has 0 aromatic carbocycles. The highest BCUT2D eigenvalue weighted by Crippen LogP contribution is 2.69. The van der Waals surface area contributed by atoms with Crippen molar-refractivity contribution in [1.82, 2.24) is 29.3 Å². The number of aliphatic hydroxyl groups is 2. The van der Waals surface area contributed by atoms with Gasteiger partial charge in [0.25, 0.3) is 0 Å². The largest absolute Gasteiger partial charge is 0.523 e. The molecule has 0 unspecified atom stereocenters. The Morgan fingerprint density at radius 2 is 0.810 bits per heavy atom. The Labute approximate surface area is 884 Å². The molecule has 0 radical (unpaired) electrons. The SMILES string of the molecule is C.C.C.C.C.C.CC1(C)[C@H]2C/C(=C/O)C(=O)[C@@]2(C)CCC12OCCO2.CC1(C)[C@H]2CCC(=O)[C@@]2(C)CCC12OCCO2.COCO[C@H]1CC=C2C(C)(C)C(=O)CC[C@@]21C.COCO[C@H]1CCC2=CC(=O)CC[C@@]21C.COCO[C@H]1CC[C@@H]2C(C)(C)C(=O)CC[C@]12C.Cn1cc2c(n1)[C@@]1(C)CCC(=O)C(C)(C)[C@H]1C2.Cn1cc2c(n1)[C@@]1(C)CCC3(OCCO3)C(C)(C)[C@H]1C2.[C-]#[N+]C1=C(O)C(C)(C)[C@H]2Cc3cn(C)nc3[C@@]2(C)C1. The molecule has 19 aliphatic rings. The highest BCUT2D eigenvalue weighted by molar-refractivity contribution is 6.02. The molecule has 3 aliphatic heterocycles. The molecule has 3 saturated heterocycles. The zero-order valence-electron chi connectivity index (χ0n) is 90.8. The Hall–Kier alpha value is -6.78. The highest BCUT2D eigenvalue weighted by Gasteiger charge is 2.71. The minimum atomic E-state index is -0.553. The number of carbonyl (C=O) groups excluding carboxylic acids is 6. The average Bonchev–Trinajstić information content (AvgIpc) is 1.54. The van der Waals surface area contributed by atoms with Gasteiger partial charge >= 0.3 is 0 Å². The summed E-state index contributed by atoms with van der Waals surface area (Å²) in [5, 5.41) is 33.7. The molecule has 147 heavy (non-hydrogen) atoms. The molecular formula is C120H195N7O20. The van der Waals surface area contributed by atoms with Gasteiger partial charge in [0.15, 0.2) is 28.9 Å². The minimum Gasteiger partial charge on any atom is -0.523 e. The number of hydrogen-bond acceptors (Lipinski definition) is 23. The predicted octanol–water partition coefficient (Wildman–Crippen LogP) is 24.1. The summed E-state index contributed by atoms with van der Waals surface area (Å²) in [6.45, 7) is 60.2. The van der Waals surface area contributed by atoms with Gasteiger partial charge in [0.2, 0.25) is 5.70 Å². The third kappa shape index (κ3) is 20.3. The van der Waals surface area contributed by atoms with Crippen molar-refractivity contribution in [3.63, 3.8) is 0 Å². The second-order valence-corrected chi connectivity index (χ2v) is 51.0. The number of ether oxygens (including phenoxy) is 12. The molecule has 6 heterocycles. The summed E-state index contributed by atoms with van der Waals surface area (Å²) in [6.07, 6.45) is 34.9. The molecule has 3 spiro atoms. The van der Waals surface area contributed by atoms with Gasteiger partial charge in [-0.2, -0.15) is 15.3 Å². The number of aromatic nitrogens is 6. The topological polar surface area (TPSA) is 311 Å². The van der Waals surface area contributed by atoms with Crippen molar-refractivity contribution < 1.29 is 95.8 Å². The molecule has 10 saturated carbocycles. The van der Waals surface area contributed by atoms with E-state index in [9.17, 15) is 39.0 Å². The summed E-state index contributed by atoms with van der Waals surface area (Å²) in [6, 6.07) is 0. The molecule has 830 valence electrons. The number of nitrogens with zero attached hydrogens (tertiary/aromatic N) is 7. The van der Waals surface area contributed by atoms with Crippen molar-refractivity contribution in [2.24, 2.45) is 122 Å². The first-order chi connectivity index (χ1) is 65.9. The fraction of sp³-hybridized carbons (Fsp3) is 0.800. The lowest BCUT2D eigenvalue weighted by atomic mass is 9.54. The predicted molar refractivity (Wildman–Crippen MR) is 575 cm³/mol. The number of ketones is 6. The fourth-order valence-corrected chi connectivity index (χ4v) is 32.4. The van der Waals surface area contributed by atoms with E-state index in [2.05, 4.69) is 157 Å². The zero-order valence-corrected chi connectivity index (χ0v) is 90.8. The number of aliphatic hydroxyl groups excluding tert-OH is 2. The molecule has 16 aliphatic carbocycles. The number of methoxy groups -OCH3 is 3. The molecule has 17 atom stereocenters. The van der Waals surface area contributed by atoms with E-state index >= 15 is 0 Å². The molecular weight excluding hydrogens is 1860 g/mol. The quantitative estimate of drug-likeness (QED) is 0.0661. The summed E-state index contributed by atoms with van der Waals surface area (Å²) in [5.41, 5.74) is 9.80. The van der Waals surface area contributed by atoms with Crippen LogP contribution in [0.4, 0.5) is 0 Å². The van der Waals surface area contributed by atoms with Crippen molar-refractivity contribution in [1.29, 1.82) is 0 Å². The van der Waals surface area contributed by atoms with Crippen LogP contribution in [0.3, 0.4) is 0 Å². The van der Waals surface area contributed by atoms with Gasteiger partial charge in [-0.15, -0.1) is 0 Å². The third-order valence-corrected chi connectivity index (χ3v) is 41.1. The third-order valence-electron chi connectivity index (χ3n) is 41.1. The van der Waals surface area contributed by atoms with Gasteiger partial charge in [-0.25, -0.2) is 4.85 Å². The monoisotopic (exact) mass is 2050 g/mol. The number of allylic oxidation sites excluding steroid dienone is 4. The Morgan fingerprint density at radius 1 is 0.408 bits per heavy atom. The van der Waals surface area contributed by atoms with Crippen molar-refractivity contribution in [2.45, 2.75) is 416 Å². The maximum Gasteiger partial charge on any atom is 0.203 e. The van der Waals surface area contributed by atoms with Crippen molar-refractivity contribution in [2.75, 3.05) is 81.3 Å². The number of carbonyl (C=O) groups is 6. The lowest BCUT2D eigenvalue weighted by molar-refractivity contribution is -0.276. The van der Waals surface area contributed by atoms with Gasteiger partial charge in [0.05, 0.1) is 87.9 Å². The van der Waals surface area contributed by atoms with E-state index in [-0.39, 0.29) is 168 Å². The van der Waals surface area contributed by atoms with Crippen molar-refractivity contribution >= 4 is 34.7 Å². The lowest BCUT2D eigenvalue weighted by Gasteiger charge is -2.55. The van der Waals surface area contributed by atoms with Crippen LogP contribution in [0.1, 0.15) is 378 Å². The van der Waals surface area contributed by atoms with Crippen LogP contribution < -0.4 is 0 Å². The van der Waals surface area contributed by atoms with Gasteiger partial charge < -0.3 is 67.1 Å². The summed E-state index contributed by atoms with van der Waals surface area (Å²) in [5.74, 6) is 3.23. The molecule has 13 fully saturated rings. The number of rotatable bonds is 9. The minimum absolute atomic E-state index is 0. The van der Waals surface area contributed by atoms with Crippen LogP contribution in [0.2, 0.25) is 0 Å². The smallest absolute Gasteiger partial charge is 0.203 e. The highest BCUT2D eigenvalue weighted by atomic mass is 16.8. The normalized spacial score (nSPS) is 35.9. The van der Waals surface area contributed by atoms with Gasteiger partial charge in [0, 0.05) is 194 Å². The number of aryl methyl sites for hydroxylation is 3. The van der Waals surface area contributed by atoms with Crippen LogP contribution in [0.15, 0.2) is 65.2 Å². The van der Waals surface area contributed by atoms with Gasteiger partial charge in [-0.3, -0.25) is 42.8 Å². The summed E-state index contributed by atoms with van der Waals surface area (Å²) >= 11 is 0. The van der Waals surface area contributed by atoms with E-state index in [1.54, 1.807) is 21.3 Å². The first-order valence-electron chi connectivity index (χ1n) is 52.9. The van der Waals surface area contributed by atoms with Crippen LogP contribution in [-0.2, 0) is 142 Å². The first-order valence-corrected chi connectivity index (χ1v) is 52.9. The molecule has 0 amide bonds. The van der Waals surface area contributed by atoms with Gasteiger partial charge in [-0.1, -0.05) is 200 Å². The van der Waals surface area contributed by atoms with E-state index < -0.39 is 17.0 Å². The molecule has 27 heteroatoms. The van der Waals surface area contributed by atoms with Crippen molar-refractivity contribution in [3.05, 3.63) is 110 Å². The van der Waals surface area contributed by atoms with E-state index in [4.69, 9.17) is 68.5 Å². The number of Topliss-reactive ketones (excluding diaryl/α,β-unsaturated/α-hetero) is 5. The molecule has 3 aromatic heterocycles. The Bertz CT molecular complexity index is 5390. The molecule has 3 aromatic rings. The second-order valence-electron chi connectivity index (χ2n) is 51.0. The van der Waals surface area contributed by atoms with E-state index in [0.717, 1.165) is 154 Å². The Kier molecular flexibility index (Phi) is 37.2. The Morgan fingerprint density at radius 3 is 1.29 bits per heavy atom. The average molecular weight is 2060 g/mol. The standard InChI is InChI=1S/C16H24N2O2.C15H19N3O.C15H22O4.C14H20N2O.C14H22O3.C14H24O3.C14H22O3.C12H18O3.6CH4/c1-14(2)12-9-11-10-18(4)17-13(11)15(12,3)5-6-16(14)19-7-8-20-16;1-14(2)11-6-9-8-18(5)17-12(9)15(11,3)7-10(16-4)13(14)19;1-13(2)11-8-10(9-16)12(17)14(11,3)4-5-15(13)18-6-7-19-15;1-13(2)10-7-9-8-16(4)15-12(9)14(10,3)6-5-11(13)17;1-12(2)10-4-5-11(15)13(10,3)6-7-14(12)16-8-9-17-14;2*1-13(2)10-5-6-12(17-9-16-4)14(10,3)8-7-11(13)15;1-12-6-5-10(13)7-9(12)3-4-11(12)15-8-14-2;;;;;;/h10,12H,5-9H2,1-4H3;8,11,19H,6-7H2,1-3,5H3;9,11,16H,4-8H2,1-3H3;8,10H,5-7H2,1-4H3;10H,4-9H2,1-3H3;10,12H,5-9H2,1-4H3;5,12H,6-9H2,1-4H3;7,11H,3-6,8H2,1-2H3;6*1H4/b;;10-9-;;;;;;;;;;;/t12-,15+;11-,15+;11-,14+;10-,14+;10-,13+;10-,12+,14+;12-,14-;11-,12-;;;;;;/m11111100....../s1. The van der Waals surface area contributed by atoms with Crippen LogP contribution in [0, 0.1) is 107 Å². The van der Waals surface area contributed by atoms with Crippen LogP contribution in [0.5, 0.6) is 0 Å². The summed E-state index contributed by atoms with van der Waals surface area (Å²) < 4.78 is 73.9. The second kappa shape index (κ2) is 44.2. The van der Waals surface area contributed by atoms with Gasteiger partial charge in [-0.05, 0) is 193 Å². The van der Waals surface area contributed by atoms with Crippen LogP contribution in [0.25, 0.3) is 4.85 Å². The van der Waals surface area contributed by atoms with Crippen LogP contribution >= 0.6 is 0 Å². The first kappa shape index (κ1) is 124. The molecule has 2 N–H and O–H groups in total. The van der Waals surface area contributed by atoms with E-state index in [1.807, 2.05) is 75.9 Å². The Balaban J connectivity index is 0.000000186. The summed E-state index contributed by atoms with van der Waals surface area (Å²) in [7, 11) is 10.9.